The van der Waals surface area contributed by atoms with E-state index in [-0.39, 0.29) is 5.82 Å². The third-order valence-electron chi connectivity index (χ3n) is 1.09. The van der Waals surface area contributed by atoms with Crippen molar-refractivity contribution in [2.75, 3.05) is 0 Å². The van der Waals surface area contributed by atoms with E-state index in [0.29, 0.717) is 10.5 Å². The first-order valence-electron chi connectivity index (χ1n) is 2.79. The summed E-state index contributed by atoms with van der Waals surface area (Å²) < 4.78 is 24.4. The zero-order valence-electron chi connectivity index (χ0n) is 5.67. The quantitative estimate of drug-likeness (QED) is 0.599. The fraction of sp³-hybridized carbons (Fsp3) is 0.600. The SMILES string of the molecule is Cc1nc(C)n(C(F)F)n1. The lowest BCUT2D eigenvalue weighted by atomic mass is 10.7. The van der Waals surface area contributed by atoms with Crippen LogP contribution >= 0.6 is 0 Å². The molecular weight excluding hydrogens is 140 g/mol. The monoisotopic (exact) mass is 147 g/mol. The predicted octanol–water partition coefficient (Wildman–Crippen LogP) is 1.29. The normalized spacial score (nSPS) is 10.9. The zero-order chi connectivity index (χ0) is 7.72. The largest absolute Gasteiger partial charge is 0.334 e. The predicted molar refractivity (Wildman–Crippen MR) is 30.7 cm³/mol. The lowest BCUT2D eigenvalue weighted by molar-refractivity contribution is 0.0537. The number of alkyl halides is 2. The number of aromatic nitrogens is 3. The molecule has 0 aliphatic rings. The van der Waals surface area contributed by atoms with Crippen LogP contribution in [-0.2, 0) is 0 Å². The molecule has 0 spiro atoms. The van der Waals surface area contributed by atoms with E-state index in [1.165, 1.54) is 6.92 Å². The summed E-state index contributed by atoms with van der Waals surface area (Å²) in [5, 5.41) is 3.47. The molecule has 0 N–H and O–H groups in total. The van der Waals surface area contributed by atoms with Crippen molar-refractivity contribution in [3.05, 3.63) is 11.6 Å². The lowest BCUT2D eigenvalue weighted by Crippen LogP contribution is -2.02. The molecule has 5 heteroatoms. The first-order valence-corrected chi connectivity index (χ1v) is 2.79. The second kappa shape index (κ2) is 2.32. The molecule has 0 amide bonds. The molecule has 3 nitrogen and oxygen atoms in total. The van der Waals surface area contributed by atoms with E-state index in [1.807, 2.05) is 0 Å². The van der Waals surface area contributed by atoms with Crippen LogP contribution < -0.4 is 0 Å². The molecule has 0 aliphatic carbocycles. The smallest absolute Gasteiger partial charge is 0.217 e. The molecule has 0 unspecified atom stereocenters. The maximum Gasteiger partial charge on any atom is 0.334 e. The molecule has 1 aromatic rings. The molecule has 1 aromatic heterocycles. The van der Waals surface area contributed by atoms with Gasteiger partial charge in [0, 0.05) is 0 Å². The molecule has 0 bridgehead atoms. The van der Waals surface area contributed by atoms with E-state index in [4.69, 9.17) is 0 Å². The molecule has 0 saturated heterocycles. The van der Waals surface area contributed by atoms with Gasteiger partial charge >= 0.3 is 6.55 Å². The van der Waals surface area contributed by atoms with Gasteiger partial charge in [0.25, 0.3) is 0 Å². The van der Waals surface area contributed by atoms with E-state index in [2.05, 4.69) is 10.1 Å². The van der Waals surface area contributed by atoms with Gasteiger partial charge in [-0.15, -0.1) is 0 Å². The topological polar surface area (TPSA) is 30.7 Å². The molecule has 1 heterocycles. The van der Waals surface area contributed by atoms with Crippen molar-refractivity contribution in [3.8, 4) is 0 Å². The number of halogens is 2. The second-order valence-electron chi connectivity index (χ2n) is 1.93. The number of hydrogen-bond acceptors (Lipinski definition) is 2. The van der Waals surface area contributed by atoms with Crippen LogP contribution in [0.2, 0.25) is 0 Å². The van der Waals surface area contributed by atoms with Crippen LogP contribution in [0.3, 0.4) is 0 Å². The Morgan fingerprint density at radius 2 is 2.00 bits per heavy atom. The minimum Gasteiger partial charge on any atom is -0.217 e. The molecule has 0 atom stereocenters. The highest BCUT2D eigenvalue weighted by atomic mass is 19.3. The van der Waals surface area contributed by atoms with E-state index in [9.17, 15) is 8.78 Å². The number of aryl methyl sites for hydroxylation is 2. The summed E-state index contributed by atoms with van der Waals surface area (Å²) in [7, 11) is 0. The third-order valence-corrected chi connectivity index (χ3v) is 1.09. The van der Waals surface area contributed by atoms with E-state index < -0.39 is 6.55 Å². The molecule has 0 saturated carbocycles. The van der Waals surface area contributed by atoms with Crippen LogP contribution in [0.5, 0.6) is 0 Å². The zero-order valence-corrected chi connectivity index (χ0v) is 5.67. The standard InChI is InChI=1S/C5H7F2N3/c1-3-8-4(2)10(9-3)5(6)7/h5H,1-2H3. The van der Waals surface area contributed by atoms with Crippen molar-refractivity contribution >= 4 is 0 Å². The van der Waals surface area contributed by atoms with Crippen molar-refractivity contribution in [2.45, 2.75) is 20.4 Å². The Bertz CT molecular complexity index is 231. The van der Waals surface area contributed by atoms with Crippen LogP contribution in [0.25, 0.3) is 0 Å². The minimum atomic E-state index is -2.58. The summed E-state index contributed by atoms with van der Waals surface area (Å²) in [6.07, 6.45) is 0. The summed E-state index contributed by atoms with van der Waals surface area (Å²) in [5.74, 6) is 0.616. The molecule has 0 aromatic carbocycles. The van der Waals surface area contributed by atoms with Crippen LogP contribution in [0.4, 0.5) is 8.78 Å². The Morgan fingerprint density at radius 3 is 2.20 bits per heavy atom. The maximum absolute atomic E-state index is 11.9. The van der Waals surface area contributed by atoms with Gasteiger partial charge in [0.05, 0.1) is 0 Å². The Morgan fingerprint density at radius 1 is 1.40 bits per heavy atom. The van der Waals surface area contributed by atoms with Crippen LogP contribution in [-0.4, -0.2) is 14.8 Å². The highest BCUT2D eigenvalue weighted by Crippen LogP contribution is 2.09. The van der Waals surface area contributed by atoms with Crippen molar-refractivity contribution < 1.29 is 8.78 Å². The Kier molecular flexibility index (Phi) is 1.65. The average molecular weight is 147 g/mol. The molecule has 0 fully saturated rings. The summed E-state index contributed by atoms with van der Waals surface area (Å²) in [5.41, 5.74) is 0. The van der Waals surface area contributed by atoms with Gasteiger partial charge in [-0.2, -0.15) is 18.6 Å². The van der Waals surface area contributed by atoms with Gasteiger partial charge in [-0.25, -0.2) is 4.98 Å². The van der Waals surface area contributed by atoms with Gasteiger partial charge in [0.2, 0.25) is 0 Å². The average Bonchev–Trinajstić information content (AvgIpc) is 2.10. The fourth-order valence-electron chi connectivity index (χ4n) is 0.721. The number of nitrogens with zero attached hydrogens (tertiary/aromatic N) is 3. The van der Waals surface area contributed by atoms with E-state index in [1.54, 1.807) is 6.92 Å². The van der Waals surface area contributed by atoms with Gasteiger partial charge in [0.15, 0.2) is 0 Å². The first-order chi connectivity index (χ1) is 4.61. The lowest BCUT2D eigenvalue weighted by Gasteiger charge is -1.97. The summed E-state index contributed by atoms with van der Waals surface area (Å²) in [4.78, 5) is 3.70. The molecule has 0 aliphatic heterocycles. The van der Waals surface area contributed by atoms with Gasteiger partial charge < -0.3 is 0 Å². The van der Waals surface area contributed by atoms with Gasteiger partial charge in [0.1, 0.15) is 11.6 Å². The number of rotatable bonds is 1. The van der Waals surface area contributed by atoms with Gasteiger partial charge in [-0.1, -0.05) is 0 Å². The molecule has 56 valence electrons. The van der Waals surface area contributed by atoms with E-state index >= 15 is 0 Å². The van der Waals surface area contributed by atoms with Crippen molar-refractivity contribution in [1.82, 2.24) is 14.8 Å². The Hall–Kier alpha value is -1.00. The van der Waals surface area contributed by atoms with Gasteiger partial charge in [-0.3, -0.25) is 0 Å². The number of hydrogen-bond donors (Lipinski definition) is 0. The summed E-state index contributed by atoms with van der Waals surface area (Å²) >= 11 is 0. The van der Waals surface area contributed by atoms with Crippen molar-refractivity contribution in [2.24, 2.45) is 0 Å². The maximum atomic E-state index is 11.9. The second-order valence-corrected chi connectivity index (χ2v) is 1.93. The van der Waals surface area contributed by atoms with Crippen molar-refractivity contribution in [1.29, 1.82) is 0 Å². The minimum absolute atomic E-state index is 0.243. The van der Waals surface area contributed by atoms with Crippen LogP contribution in [0.15, 0.2) is 0 Å². The molecular formula is C5H7F2N3. The molecule has 1 rings (SSSR count). The van der Waals surface area contributed by atoms with E-state index in [0.717, 1.165) is 0 Å². The highest BCUT2D eigenvalue weighted by molar-refractivity contribution is 4.87. The van der Waals surface area contributed by atoms with Crippen LogP contribution in [0, 0.1) is 13.8 Å². The Labute approximate surface area is 56.7 Å². The van der Waals surface area contributed by atoms with Crippen LogP contribution in [0.1, 0.15) is 18.2 Å². The highest BCUT2D eigenvalue weighted by Gasteiger charge is 2.10. The summed E-state index contributed by atoms with van der Waals surface area (Å²) in [6, 6.07) is 0. The van der Waals surface area contributed by atoms with Gasteiger partial charge in [-0.05, 0) is 13.8 Å². The third kappa shape index (κ3) is 1.12. The fourth-order valence-corrected chi connectivity index (χ4v) is 0.721. The molecule has 0 radical (unpaired) electrons. The molecule has 10 heavy (non-hydrogen) atoms. The van der Waals surface area contributed by atoms with Crippen molar-refractivity contribution in [3.63, 3.8) is 0 Å². The first kappa shape index (κ1) is 7.11. The Balaban J connectivity index is 3.03. The summed E-state index contributed by atoms with van der Waals surface area (Å²) in [6.45, 7) is 0.485.